The zero-order valence-corrected chi connectivity index (χ0v) is 11.2. The number of aromatic nitrogens is 2. The number of rotatable bonds is 1. The lowest BCUT2D eigenvalue weighted by Crippen LogP contribution is -2.33. The number of aryl methyl sites for hydroxylation is 1. The van der Waals surface area contributed by atoms with Crippen LogP contribution in [0, 0.1) is 6.92 Å². The second-order valence-corrected chi connectivity index (χ2v) is 5.22. The molecule has 1 aromatic heterocycles. The molecule has 5 heteroatoms. The van der Waals surface area contributed by atoms with Crippen LogP contribution in [0.2, 0.25) is 0 Å². The van der Waals surface area contributed by atoms with Crippen molar-refractivity contribution in [2.45, 2.75) is 13.0 Å². The number of fused-ring (bicyclic) bond motifs is 1. The van der Waals surface area contributed by atoms with E-state index in [-0.39, 0.29) is 6.10 Å². The molecule has 1 atom stereocenters. The van der Waals surface area contributed by atoms with Crippen LogP contribution in [-0.4, -0.2) is 29.7 Å². The number of nitrogens with one attached hydrogen (secondary N) is 2. The molecule has 2 aromatic rings. The van der Waals surface area contributed by atoms with E-state index < -0.39 is 0 Å². The number of H-pyrrole nitrogens is 1. The van der Waals surface area contributed by atoms with Crippen molar-refractivity contribution in [2.24, 2.45) is 0 Å². The molecule has 2 heterocycles. The first-order chi connectivity index (χ1) is 8.24. The number of ether oxygens (including phenoxy) is 1. The highest BCUT2D eigenvalue weighted by atomic mass is 79.9. The molecule has 1 aromatic carbocycles. The number of nitrogens with zero attached hydrogens (tertiary/aromatic N) is 1. The molecule has 0 spiro atoms. The van der Waals surface area contributed by atoms with Crippen molar-refractivity contribution in [2.75, 3.05) is 19.7 Å². The number of morpholine rings is 1. The van der Waals surface area contributed by atoms with E-state index in [9.17, 15) is 0 Å². The summed E-state index contributed by atoms with van der Waals surface area (Å²) in [5.74, 6) is 0.911. The molecular weight excluding hydrogens is 282 g/mol. The Morgan fingerprint density at radius 2 is 2.35 bits per heavy atom. The largest absolute Gasteiger partial charge is 0.368 e. The third kappa shape index (κ3) is 2.10. The summed E-state index contributed by atoms with van der Waals surface area (Å²) in [6, 6.07) is 4.13. The quantitative estimate of drug-likeness (QED) is 0.849. The molecule has 0 radical (unpaired) electrons. The molecule has 17 heavy (non-hydrogen) atoms. The Bertz CT molecular complexity index is 546. The Balaban J connectivity index is 2.03. The number of halogens is 1. The van der Waals surface area contributed by atoms with Gasteiger partial charge in [-0.2, -0.15) is 0 Å². The smallest absolute Gasteiger partial charge is 0.137 e. The molecule has 0 aliphatic carbocycles. The lowest BCUT2D eigenvalue weighted by Gasteiger charge is -2.21. The Kier molecular flexibility index (Phi) is 2.90. The van der Waals surface area contributed by atoms with Gasteiger partial charge in [-0.05, 0) is 24.6 Å². The Hall–Kier alpha value is -0.910. The molecule has 1 saturated heterocycles. The van der Waals surface area contributed by atoms with Crippen LogP contribution in [0.5, 0.6) is 0 Å². The van der Waals surface area contributed by atoms with E-state index in [1.54, 1.807) is 0 Å². The number of benzene rings is 1. The van der Waals surface area contributed by atoms with Crippen LogP contribution in [0.15, 0.2) is 16.6 Å². The first-order valence-electron chi connectivity index (χ1n) is 5.72. The fourth-order valence-corrected chi connectivity index (χ4v) is 2.73. The molecular formula is C12H14BrN3O. The molecule has 90 valence electrons. The summed E-state index contributed by atoms with van der Waals surface area (Å²) in [6.45, 7) is 4.55. The maximum absolute atomic E-state index is 5.70. The van der Waals surface area contributed by atoms with Gasteiger partial charge in [-0.1, -0.05) is 15.9 Å². The van der Waals surface area contributed by atoms with Gasteiger partial charge in [0.25, 0.3) is 0 Å². The van der Waals surface area contributed by atoms with Crippen LogP contribution in [0.3, 0.4) is 0 Å². The molecule has 1 unspecified atom stereocenters. The summed E-state index contributed by atoms with van der Waals surface area (Å²) in [4.78, 5) is 7.98. The fourth-order valence-electron chi connectivity index (χ4n) is 2.16. The third-order valence-corrected chi connectivity index (χ3v) is 3.45. The second-order valence-electron chi connectivity index (χ2n) is 4.30. The average Bonchev–Trinajstić information content (AvgIpc) is 2.74. The Morgan fingerprint density at radius 1 is 1.47 bits per heavy atom. The second kappa shape index (κ2) is 4.40. The van der Waals surface area contributed by atoms with Crippen LogP contribution in [0.25, 0.3) is 11.0 Å². The monoisotopic (exact) mass is 295 g/mol. The molecule has 3 rings (SSSR count). The summed E-state index contributed by atoms with van der Waals surface area (Å²) in [5, 5.41) is 3.31. The Morgan fingerprint density at radius 3 is 3.12 bits per heavy atom. The van der Waals surface area contributed by atoms with Gasteiger partial charge >= 0.3 is 0 Å². The fraction of sp³-hybridized carbons (Fsp3) is 0.417. The SMILES string of the molecule is Cc1cc(Br)cc2[nH]c(C3CNCCO3)nc12. The first-order valence-corrected chi connectivity index (χ1v) is 6.51. The number of imidazole rings is 1. The summed E-state index contributed by atoms with van der Waals surface area (Å²) in [6.07, 6.45) is 0.0364. The third-order valence-electron chi connectivity index (χ3n) is 2.99. The first kappa shape index (κ1) is 11.2. The van der Waals surface area contributed by atoms with Crippen LogP contribution < -0.4 is 5.32 Å². The lowest BCUT2D eigenvalue weighted by atomic mass is 10.2. The van der Waals surface area contributed by atoms with Crippen LogP contribution in [-0.2, 0) is 4.74 Å². The number of hydrogen-bond donors (Lipinski definition) is 2. The number of hydrogen-bond acceptors (Lipinski definition) is 3. The van der Waals surface area contributed by atoms with E-state index >= 15 is 0 Å². The number of aromatic amines is 1. The summed E-state index contributed by atoms with van der Waals surface area (Å²) >= 11 is 3.50. The van der Waals surface area contributed by atoms with Crippen molar-refractivity contribution in [1.29, 1.82) is 0 Å². The maximum Gasteiger partial charge on any atom is 0.137 e. The van der Waals surface area contributed by atoms with Gasteiger partial charge in [-0.15, -0.1) is 0 Å². The van der Waals surface area contributed by atoms with Gasteiger partial charge in [-0.25, -0.2) is 4.98 Å². The summed E-state index contributed by atoms with van der Waals surface area (Å²) in [5.41, 5.74) is 3.25. The molecule has 0 amide bonds. The molecule has 1 fully saturated rings. The van der Waals surface area contributed by atoms with Crippen molar-refractivity contribution in [3.05, 3.63) is 28.0 Å². The van der Waals surface area contributed by atoms with E-state index in [1.165, 1.54) is 5.56 Å². The molecule has 0 saturated carbocycles. The van der Waals surface area contributed by atoms with Crippen molar-refractivity contribution in [1.82, 2.24) is 15.3 Å². The van der Waals surface area contributed by atoms with Gasteiger partial charge in [0.05, 0.1) is 17.6 Å². The lowest BCUT2D eigenvalue weighted by molar-refractivity contribution is 0.0228. The highest BCUT2D eigenvalue weighted by molar-refractivity contribution is 9.10. The minimum absolute atomic E-state index is 0.0364. The van der Waals surface area contributed by atoms with Crippen LogP contribution >= 0.6 is 15.9 Å². The topological polar surface area (TPSA) is 49.9 Å². The molecule has 0 bridgehead atoms. The van der Waals surface area contributed by atoms with Crippen LogP contribution in [0.1, 0.15) is 17.5 Å². The van der Waals surface area contributed by atoms with Gasteiger partial charge in [-0.3, -0.25) is 0 Å². The minimum atomic E-state index is 0.0364. The van der Waals surface area contributed by atoms with Gasteiger partial charge in [0.1, 0.15) is 11.9 Å². The van der Waals surface area contributed by atoms with Crippen molar-refractivity contribution in [3.63, 3.8) is 0 Å². The van der Waals surface area contributed by atoms with Gasteiger partial charge in [0, 0.05) is 17.6 Å². The van der Waals surface area contributed by atoms with Crippen molar-refractivity contribution in [3.8, 4) is 0 Å². The predicted molar refractivity (Wildman–Crippen MR) is 70.1 cm³/mol. The van der Waals surface area contributed by atoms with Gasteiger partial charge in [0.2, 0.25) is 0 Å². The van der Waals surface area contributed by atoms with Gasteiger partial charge < -0.3 is 15.0 Å². The van der Waals surface area contributed by atoms with Crippen molar-refractivity contribution < 1.29 is 4.74 Å². The van der Waals surface area contributed by atoms with E-state index in [2.05, 4.69) is 50.3 Å². The zero-order chi connectivity index (χ0) is 11.8. The normalized spacial score (nSPS) is 20.9. The molecule has 1 aliphatic heterocycles. The minimum Gasteiger partial charge on any atom is -0.368 e. The molecule has 2 N–H and O–H groups in total. The van der Waals surface area contributed by atoms with E-state index in [1.807, 2.05) is 0 Å². The molecule has 4 nitrogen and oxygen atoms in total. The highest BCUT2D eigenvalue weighted by Crippen LogP contribution is 2.25. The van der Waals surface area contributed by atoms with Crippen molar-refractivity contribution >= 4 is 27.0 Å². The molecule has 1 aliphatic rings. The maximum atomic E-state index is 5.70. The van der Waals surface area contributed by atoms with E-state index in [4.69, 9.17) is 4.74 Å². The standard InChI is InChI=1S/C12H14BrN3O/c1-7-4-8(13)5-9-11(7)16-12(15-9)10-6-14-2-3-17-10/h4-5,10,14H,2-3,6H2,1H3,(H,15,16). The zero-order valence-electron chi connectivity index (χ0n) is 9.59. The highest BCUT2D eigenvalue weighted by Gasteiger charge is 2.19. The van der Waals surface area contributed by atoms with Gasteiger partial charge in [0.15, 0.2) is 0 Å². The van der Waals surface area contributed by atoms with Crippen LogP contribution in [0.4, 0.5) is 0 Å². The van der Waals surface area contributed by atoms with E-state index in [0.717, 1.165) is 41.0 Å². The summed E-state index contributed by atoms with van der Waals surface area (Å²) in [7, 11) is 0. The average molecular weight is 296 g/mol. The Labute approximate surface area is 108 Å². The van der Waals surface area contributed by atoms with E-state index in [0.29, 0.717) is 0 Å². The predicted octanol–water partition coefficient (Wildman–Crippen LogP) is 2.29. The summed E-state index contributed by atoms with van der Waals surface area (Å²) < 4.78 is 6.77.